The Balaban J connectivity index is 1.36. The summed E-state index contributed by atoms with van der Waals surface area (Å²) in [6.45, 7) is 1.45. The lowest BCUT2D eigenvalue weighted by Crippen LogP contribution is -2.36. The van der Waals surface area contributed by atoms with Gasteiger partial charge < -0.3 is 9.88 Å². The molecular formula is C25H21N3O3. The Bertz CT molecular complexity index is 1400. The number of hydrogen-bond acceptors (Lipinski definition) is 3. The molecule has 4 aromatic rings. The van der Waals surface area contributed by atoms with Crippen molar-refractivity contribution in [3.63, 3.8) is 0 Å². The number of carbonyl (C=O) groups is 1. The van der Waals surface area contributed by atoms with Gasteiger partial charge in [-0.1, -0.05) is 48.5 Å². The van der Waals surface area contributed by atoms with E-state index in [-0.39, 0.29) is 18.0 Å². The molecule has 6 nitrogen and oxygen atoms in total. The van der Waals surface area contributed by atoms with Crippen molar-refractivity contribution in [1.29, 1.82) is 0 Å². The maximum atomic E-state index is 12.9. The Labute approximate surface area is 178 Å². The van der Waals surface area contributed by atoms with Gasteiger partial charge >= 0.3 is 5.69 Å². The molecule has 0 fully saturated rings. The smallest absolute Gasteiger partial charge is 0.329 e. The lowest BCUT2D eigenvalue weighted by Gasteiger charge is -2.29. The molecule has 2 heterocycles. The highest BCUT2D eigenvalue weighted by atomic mass is 16.2. The van der Waals surface area contributed by atoms with Crippen molar-refractivity contribution in [1.82, 2.24) is 14.5 Å². The number of aromatic nitrogens is 2. The van der Waals surface area contributed by atoms with E-state index in [2.05, 4.69) is 17.1 Å². The molecule has 1 N–H and O–H groups in total. The molecule has 0 unspecified atom stereocenters. The van der Waals surface area contributed by atoms with Crippen LogP contribution in [-0.4, -0.2) is 26.9 Å². The molecule has 1 amide bonds. The molecule has 0 atom stereocenters. The van der Waals surface area contributed by atoms with Crippen molar-refractivity contribution in [2.24, 2.45) is 0 Å². The van der Waals surface area contributed by atoms with Crippen LogP contribution < -0.4 is 11.2 Å². The Morgan fingerprint density at radius 2 is 1.58 bits per heavy atom. The summed E-state index contributed by atoms with van der Waals surface area (Å²) < 4.78 is 1.18. The molecule has 1 aliphatic heterocycles. The highest BCUT2D eigenvalue weighted by Crippen LogP contribution is 2.20. The second-order valence-corrected chi connectivity index (χ2v) is 7.81. The lowest BCUT2D eigenvalue weighted by molar-refractivity contribution is 0.0734. The summed E-state index contributed by atoms with van der Waals surface area (Å²) in [5.74, 6) is -0.0122. The molecule has 0 aliphatic carbocycles. The number of fused-ring (bicyclic) bond motifs is 2. The predicted molar refractivity (Wildman–Crippen MR) is 119 cm³/mol. The molecule has 154 valence electrons. The van der Waals surface area contributed by atoms with E-state index in [4.69, 9.17) is 0 Å². The van der Waals surface area contributed by atoms with Crippen LogP contribution in [0.2, 0.25) is 0 Å². The van der Waals surface area contributed by atoms with E-state index in [1.807, 2.05) is 17.0 Å². The quantitative estimate of drug-likeness (QED) is 0.563. The van der Waals surface area contributed by atoms with E-state index in [1.54, 1.807) is 48.5 Å². The summed E-state index contributed by atoms with van der Waals surface area (Å²) in [7, 11) is 0. The normalized spacial score (nSPS) is 13.2. The zero-order chi connectivity index (χ0) is 21.4. The highest BCUT2D eigenvalue weighted by molar-refractivity contribution is 5.94. The van der Waals surface area contributed by atoms with E-state index >= 15 is 0 Å². The first-order chi connectivity index (χ1) is 15.1. The Hall–Kier alpha value is -3.93. The lowest BCUT2D eigenvalue weighted by atomic mass is 9.99. The number of aromatic amines is 1. The van der Waals surface area contributed by atoms with Crippen molar-refractivity contribution in [3.05, 3.63) is 116 Å². The van der Waals surface area contributed by atoms with Crippen LogP contribution in [-0.2, 0) is 19.5 Å². The van der Waals surface area contributed by atoms with Crippen LogP contribution in [0.4, 0.5) is 0 Å². The van der Waals surface area contributed by atoms with Gasteiger partial charge in [-0.05, 0) is 47.4 Å². The largest absolute Gasteiger partial charge is 0.334 e. The first-order valence-electron chi connectivity index (χ1n) is 10.3. The first kappa shape index (κ1) is 19.1. The Morgan fingerprint density at radius 3 is 2.39 bits per heavy atom. The molecule has 0 spiro atoms. The van der Waals surface area contributed by atoms with E-state index in [9.17, 15) is 14.4 Å². The number of hydrogen-bond donors (Lipinski definition) is 1. The molecule has 1 aromatic heterocycles. The molecule has 5 rings (SSSR count). The van der Waals surface area contributed by atoms with Crippen molar-refractivity contribution in [2.45, 2.75) is 19.5 Å². The maximum Gasteiger partial charge on any atom is 0.329 e. The van der Waals surface area contributed by atoms with Gasteiger partial charge in [0.15, 0.2) is 0 Å². The summed E-state index contributed by atoms with van der Waals surface area (Å²) in [5, 5.41) is 0.472. The van der Waals surface area contributed by atoms with Gasteiger partial charge in [0.25, 0.3) is 11.5 Å². The Kier molecular flexibility index (Phi) is 4.75. The van der Waals surface area contributed by atoms with Crippen molar-refractivity contribution in [2.75, 3.05) is 6.54 Å². The van der Waals surface area contributed by atoms with Crippen LogP contribution in [0.1, 0.15) is 27.0 Å². The fraction of sp³-hybridized carbons (Fsp3) is 0.160. The first-order valence-corrected chi connectivity index (χ1v) is 10.3. The Morgan fingerprint density at radius 1 is 0.871 bits per heavy atom. The minimum Gasteiger partial charge on any atom is -0.334 e. The van der Waals surface area contributed by atoms with Crippen molar-refractivity contribution in [3.8, 4) is 0 Å². The second-order valence-electron chi connectivity index (χ2n) is 7.81. The number of nitrogens with zero attached hydrogens (tertiary/aromatic N) is 2. The standard InChI is InChI=1S/C25H21N3O3/c29-23(27-14-13-18-5-1-2-6-20(18)16-27)19-11-9-17(10-12-19)15-28-24(30)21-7-3-4-8-22(21)26-25(28)31/h1-12H,13-16H2,(H,26,31). The van der Waals surface area contributed by atoms with E-state index in [0.717, 1.165) is 12.0 Å². The van der Waals surface area contributed by atoms with Gasteiger partial charge in [0.2, 0.25) is 0 Å². The highest BCUT2D eigenvalue weighted by Gasteiger charge is 2.21. The molecule has 1 aliphatic rings. The van der Waals surface area contributed by atoms with Gasteiger partial charge in [0, 0.05) is 18.7 Å². The van der Waals surface area contributed by atoms with Crippen LogP contribution in [0.15, 0.2) is 82.4 Å². The van der Waals surface area contributed by atoms with E-state index in [1.165, 1.54) is 15.7 Å². The third kappa shape index (κ3) is 3.57. The molecule has 6 heteroatoms. The fourth-order valence-electron chi connectivity index (χ4n) is 4.13. The molecule has 0 saturated heterocycles. The van der Waals surface area contributed by atoms with Gasteiger partial charge in [-0.3, -0.25) is 14.2 Å². The molecule has 0 saturated carbocycles. The summed E-state index contributed by atoms with van der Waals surface area (Å²) >= 11 is 0. The second kappa shape index (κ2) is 7.72. The topological polar surface area (TPSA) is 75.2 Å². The third-order valence-electron chi connectivity index (χ3n) is 5.85. The third-order valence-corrected chi connectivity index (χ3v) is 5.85. The zero-order valence-corrected chi connectivity index (χ0v) is 16.9. The average molecular weight is 411 g/mol. The van der Waals surface area contributed by atoms with Crippen LogP contribution in [0, 0.1) is 0 Å². The van der Waals surface area contributed by atoms with Crippen LogP contribution >= 0.6 is 0 Å². The van der Waals surface area contributed by atoms with E-state index in [0.29, 0.717) is 29.6 Å². The maximum absolute atomic E-state index is 12.9. The molecular weight excluding hydrogens is 390 g/mol. The van der Waals surface area contributed by atoms with E-state index < -0.39 is 5.69 Å². The monoisotopic (exact) mass is 411 g/mol. The molecule has 0 bridgehead atoms. The minimum atomic E-state index is -0.448. The van der Waals surface area contributed by atoms with Crippen LogP contribution in [0.25, 0.3) is 10.9 Å². The van der Waals surface area contributed by atoms with Crippen molar-refractivity contribution >= 4 is 16.8 Å². The average Bonchev–Trinajstić information content (AvgIpc) is 2.81. The number of H-pyrrole nitrogens is 1. The van der Waals surface area contributed by atoms with Crippen LogP contribution in [0.3, 0.4) is 0 Å². The fourth-order valence-corrected chi connectivity index (χ4v) is 4.13. The summed E-state index contributed by atoms with van der Waals surface area (Å²) in [6, 6.07) is 22.3. The zero-order valence-electron chi connectivity index (χ0n) is 16.9. The molecule has 0 radical (unpaired) electrons. The van der Waals surface area contributed by atoms with Gasteiger partial charge in [-0.25, -0.2) is 4.79 Å². The number of nitrogens with one attached hydrogen (secondary N) is 1. The predicted octanol–water partition coefficient (Wildman–Crippen LogP) is 2.94. The number of para-hydroxylation sites is 1. The number of carbonyl (C=O) groups excluding carboxylic acids is 1. The summed E-state index contributed by atoms with van der Waals surface area (Å²) in [4.78, 5) is 42.7. The van der Waals surface area contributed by atoms with Gasteiger partial charge in [-0.2, -0.15) is 0 Å². The van der Waals surface area contributed by atoms with Gasteiger partial charge in [0.1, 0.15) is 0 Å². The molecule has 31 heavy (non-hydrogen) atoms. The summed E-state index contributed by atoms with van der Waals surface area (Å²) in [6.07, 6.45) is 0.855. The van der Waals surface area contributed by atoms with Gasteiger partial charge in [-0.15, -0.1) is 0 Å². The number of amides is 1. The number of rotatable bonds is 3. The van der Waals surface area contributed by atoms with Gasteiger partial charge in [0.05, 0.1) is 17.4 Å². The van der Waals surface area contributed by atoms with Crippen LogP contribution in [0.5, 0.6) is 0 Å². The minimum absolute atomic E-state index is 0.0122. The van der Waals surface area contributed by atoms with Crippen molar-refractivity contribution < 1.29 is 4.79 Å². The molecule has 3 aromatic carbocycles. The summed E-state index contributed by atoms with van der Waals surface area (Å²) in [5.41, 5.74) is 3.62. The SMILES string of the molecule is O=C(c1ccc(Cn2c(=O)[nH]c3ccccc3c2=O)cc1)N1CCc2ccccc2C1. The number of benzene rings is 3.